The minimum absolute atomic E-state index is 0.0262. The Bertz CT molecular complexity index is 314. The number of imide groups is 1. The normalized spacial score (nSPS) is 29.2. The van der Waals surface area contributed by atoms with Gasteiger partial charge in [0.1, 0.15) is 0 Å². The molecular formula is C14H23NO2. The number of hydrogen-bond donors (Lipinski definition) is 1. The number of hydrogen-bond acceptors (Lipinski definition) is 2. The highest BCUT2D eigenvalue weighted by Gasteiger charge is 2.49. The van der Waals surface area contributed by atoms with Crippen molar-refractivity contribution in [2.24, 2.45) is 17.3 Å². The lowest BCUT2D eigenvalue weighted by atomic mass is 9.62. The van der Waals surface area contributed by atoms with Gasteiger partial charge in [0.05, 0.1) is 0 Å². The third kappa shape index (κ3) is 2.38. The van der Waals surface area contributed by atoms with Crippen molar-refractivity contribution in [2.75, 3.05) is 0 Å². The largest absolute Gasteiger partial charge is 0.296 e. The summed E-state index contributed by atoms with van der Waals surface area (Å²) in [6.45, 7) is 4.21. The maximum absolute atomic E-state index is 12.1. The van der Waals surface area contributed by atoms with Crippen LogP contribution < -0.4 is 5.32 Å². The smallest absolute Gasteiger partial charge is 0.230 e. The van der Waals surface area contributed by atoms with E-state index in [1.54, 1.807) is 0 Å². The molecule has 1 aliphatic carbocycles. The molecule has 2 fully saturated rings. The van der Waals surface area contributed by atoms with Gasteiger partial charge in [0.2, 0.25) is 11.8 Å². The molecular weight excluding hydrogens is 214 g/mol. The maximum Gasteiger partial charge on any atom is 0.230 e. The van der Waals surface area contributed by atoms with Gasteiger partial charge in [-0.15, -0.1) is 0 Å². The van der Waals surface area contributed by atoms with Crippen LogP contribution in [0.25, 0.3) is 0 Å². The van der Waals surface area contributed by atoms with Gasteiger partial charge >= 0.3 is 0 Å². The average molecular weight is 237 g/mol. The molecule has 0 aromatic heterocycles. The van der Waals surface area contributed by atoms with Crippen molar-refractivity contribution in [1.82, 2.24) is 5.32 Å². The summed E-state index contributed by atoms with van der Waals surface area (Å²) in [5.41, 5.74) is -0.0376. The Labute approximate surface area is 103 Å². The highest BCUT2D eigenvalue weighted by Crippen LogP contribution is 2.48. The first-order chi connectivity index (χ1) is 8.05. The molecule has 1 saturated heterocycles. The first-order valence-corrected chi connectivity index (χ1v) is 6.89. The Balaban J connectivity index is 2.30. The molecule has 0 bridgehead atoms. The van der Waals surface area contributed by atoms with Crippen molar-refractivity contribution in [1.29, 1.82) is 0 Å². The minimum atomic E-state index is -0.0613. The molecule has 1 heterocycles. The molecule has 96 valence electrons. The van der Waals surface area contributed by atoms with E-state index in [0.29, 0.717) is 12.3 Å². The molecule has 1 aliphatic heterocycles. The van der Waals surface area contributed by atoms with Crippen LogP contribution in [0.2, 0.25) is 0 Å². The van der Waals surface area contributed by atoms with Gasteiger partial charge in [-0.05, 0) is 24.2 Å². The van der Waals surface area contributed by atoms with Crippen LogP contribution in [0.3, 0.4) is 0 Å². The number of carbonyl (C=O) groups excluding carboxylic acids is 2. The maximum atomic E-state index is 12.1. The summed E-state index contributed by atoms with van der Waals surface area (Å²) in [6, 6.07) is 0. The second kappa shape index (κ2) is 4.79. The zero-order valence-electron chi connectivity index (χ0n) is 10.9. The molecule has 1 saturated carbocycles. The lowest BCUT2D eigenvalue weighted by Gasteiger charge is -2.44. The van der Waals surface area contributed by atoms with Crippen molar-refractivity contribution in [3.8, 4) is 0 Å². The standard InChI is InChI=1S/C14H23NO2/c1-10(2)12-13(17)15-11(16)9-14(12)7-5-3-4-6-8-14/h10,12H,3-9H2,1-2H3,(H,15,16,17). The highest BCUT2D eigenvalue weighted by molar-refractivity contribution is 5.99. The molecule has 1 unspecified atom stereocenters. The first kappa shape index (κ1) is 12.6. The summed E-state index contributed by atoms with van der Waals surface area (Å²) >= 11 is 0. The van der Waals surface area contributed by atoms with Crippen molar-refractivity contribution in [3.05, 3.63) is 0 Å². The van der Waals surface area contributed by atoms with Gasteiger partial charge in [-0.2, -0.15) is 0 Å². The summed E-state index contributed by atoms with van der Waals surface area (Å²) in [7, 11) is 0. The van der Waals surface area contributed by atoms with Crippen LogP contribution in [0, 0.1) is 17.3 Å². The number of rotatable bonds is 1. The van der Waals surface area contributed by atoms with Crippen LogP contribution in [0.4, 0.5) is 0 Å². The highest BCUT2D eigenvalue weighted by atomic mass is 16.2. The Hall–Kier alpha value is -0.860. The van der Waals surface area contributed by atoms with Gasteiger partial charge in [0.25, 0.3) is 0 Å². The van der Waals surface area contributed by atoms with Crippen molar-refractivity contribution in [3.63, 3.8) is 0 Å². The van der Waals surface area contributed by atoms with Crippen molar-refractivity contribution in [2.45, 2.75) is 58.8 Å². The molecule has 2 rings (SSSR count). The summed E-state index contributed by atoms with van der Waals surface area (Å²) < 4.78 is 0. The third-order valence-electron chi connectivity index (χ3n) is 4.48. The molecule has 1 atom stereocenters. The number of piperidine rings is 1. The Morgan fingerprint density at radius 3 is 2.24 bits per heavy atom. The van der Waals surface area contributed by atoms with E-state index in [1.807, 2.05) is 0 Å². The number of carbonyl (C=O) groups is 2. The van der Waals surface area contributed by atoms with Crippen molar-refractivity contribution >= 4 is 11.8 Å². The minimum Gasteiger partial charge on any atom is -0.296 e. The predicted molar refractivity (Wildman–Crippen MR) is 66.2 cm³/mol. The van der Waals surface area contributed by atoms with E-state index < -0.39 is 0 Å². The van der Waals surface area contributed by atoms with Crippen LogP contribution >= 0.6 is 0 Å². The SMILES string of the molecule is CC(C)C1C(=O)NC(=O)CC12CCCCCC2. The van der Waals surface area contributed by atoms with E-state index in [9.17, 15) is 9.59 Å². The first-order valence-electron chi connectivity index (χ1n) is 6.89. The van der Waals surface area contributed by atoms with E-state index in [-0.39, 0.29) is 23.1 Å². The van der Waals surface area contributed by atoms with E-state index >= 15 is 0 Å². The molecule has 2 amide bonds. The summed E-state index contributed by atoms with van der Waals surface area (Å²) in [5, 5.41) is 2.52. The number of amides is 2. The fraction of sp³-hybridized carbons (Fsp3) is 0.857. The summed E-state index contributed by atoms with van der Waals surface area (Å²) in [4.78, 5) is 23.8. The Kier molecular flexibility index (Phi) is 3.55. The van der Waals surface area contributed by atoms with Crippen LogP contribution in [0.1, 0.15) is 58.8 Å². The second-order valence-electron chi connectivity index (χ2n) is 6.09. The van der Waals surface area contributed by atoms with Gasteiger partial charge in [-0.25, -0.2) is 0 Å². The van der Waals surface area contributed by atoms with Gasteiger partial charge < -0.3 is 0 Å². The molecule has 17 heavy (non-hydrogen) atoms. The topological polar surface area (TPSA) is 46.2 Å². The molecule has 3 heteroatoms. The summed E-state index contributed by atoms with van der Waals surface area (Å²) in [5.74, 6) is 0.256. The zero-order valence-corrected chi connectivity index (χ0v) is 10.9. The van der Waals surface area contributed by atoms with Gasteiger partial charge in [-0.3, -0.25) is 14.9 Å². The molecule has 2 aliphatic rings. The third-order valence-corrected chi connectivity index (χ3v) is 4.48. The van der Waals surface area contributed by atoms with Crippen molar-refractivity contribution < 1.29 is 9.59 Å². The zero-order chi connectivity index (χ0) is 12.5. The second-order valence-corrected chi connectivity index (χ2v) is 6.09. The van der Waals surface area contributed by atoms with E-state index in [1.165, 1.54) is 25.7 Å². The Morgan fingerprint density at radius 1 is 1.12 bits per heavy atom. The molecule has 3 nitrogen and oxygen atoms in total. The monoisotopic (exact) mass is 237 g/mol. The molecule has 1 N–H and O–H groups in total. The molecule has 1 spiro atoms. The predicted octanol–water partition coefficient (Wildman–Crippen LogP) is 2.65. The van der Waals surface area contributed by atoms with Gasteiger partial charge in [0.15, 0.2) is 0 Å². The van der Waals surface area contributed by atoms with Gasteiger partial charge in [0, 0.05) is 12.3 Å². The Morgan fingerprint density at radius 2 is 1.71 bits per heavy atom. The van der Waals surface area contributed by atoms with Crippen LogP contribution in [0.15, 0.2) is 0 Å². The number of nitrogens with one attached hydrogen (secondary N) is 1. The molecule has 0 aromatic carbocycles. The van der Waals surface area contributed by atoms with E-state index in [2.05, 4.69) is 19.2 Å². The lowest BCUT2D eigenvalue weighted by molar-refractivity contribution is -0.146. The quantitative estimate of drug-likeness (QED) is 0.713. The van der Waals surface area contributed by atoms with Crippen LogP contribution in [-0.2, 0) is 9.59 Å². The lowest BCUT2D eigenvalue weighted by Crippen LogP contribution is -2.53. The van der Waals surface area contributed by atoms with Gasteiger partial charge in [-0.1, -0.05) is 39.5 Å². The fourth-order valence-corrected chi connectivity index (χ4v) is 3.90. The molecule has 0 aromatic rings. The average Bonchev–Trinajstić information content (AvgIpc) is 2.42. The molecule has 0 radical (unpaired) electrons. The summed E-state index contributed by atoms with van der Waals surface area (Å²) in [6.07, 6.45) is 7.50. The van der Waals surface area contributed by atoms with E-state index in [0.717, 1.165) is 12.8 Å². The van der Waals surface area contributed by atoms with Crippen LogP contribution in [-0.4, -0.2) is 11.8 Å². The van der Waals surface area contributed by atoms with Crippen LogP contribution in [0.5, 0.6) is 0 Å². The fourth-order valence-electron chi connectivity index (χ4n) is 3.90. The van der Waals surface area contributed by atoms with E-state index in [4.69, 9.17) is 0 Å².